The Bertz CT molecular complexity index is 524. The molecule has 0 saturated carbocycles. The van der Waals surface area contributed by atoms with Gasteiger partial charge in [0.05, 0.1) is 7.11 Å². The number of nitrogens with one attached hydrogen (secondary N) is 1. The van der Waals surface area contributed by atoms with Crippen molar-refractivity contribution in [3.63, 3.8) is 0 Å². The lowest BCUT2D eigenvalue weighted by Crippen LogP contribution is -2.24. The van der Waals surface area contributed by atoms with Gasteiger partial charge in [0.2, 0.25) is 0 Å². The smallest absolute Gasteiger partial charge is 0.138 e. The summed E-state index contributed by atoms with van der Waals surface area (Å²) in [5.41, 5.74) is 1.15. The van der Waals surface area contributed by atoms with Crippen LogP contribution < -0.4 is 10.1 Å². The number of methoxy groups -OCH3 is 1. The quantitative estimate of drug-likeness (QED) is 0.859. The molecule has 5 nitrogen and oxygen atoms in total. The van der Waals surface area contributed by atoms with Crippen LogP contribution >= 0.6 is 0 Å². The van der Waals surface area contributed by atoms with Crippen molar-refractivity contribution in [3.8, 4) is 5.75 Å². The standard InChI is InChI=1S/C14H20N4O/c1-4-15-12(9-14-16-10-17-18(14)2)11-7-5-6-8-13(11)19-3/h5-8,10,12,15H,4,9H2,1-3H3. The molecule has 102 valence electrons. The molecule has 1 atom stereocenters. The first-order valence-corrected chi connectivity index (χ1v) is 6.45. The van der Waals surface area contributed by atoms with E-state index in [4.69, 9.17) is 4.74 Å². The Morgan fingerprint density at radius 2 is 2.16 bits per heavy atom. The number of ether oxygens (including phenoxy) is 1. The average Bonchev–Trinajstić information content (AvgIpc) is 2.84. The van der Waals surface area contributed by atoms with Crippen molar-refractivity contribution in [2.75, 3.05) is 13.7 Å². The van der Waals surface area contributed by atoms with Crippen molar-refractivity contribution >= 4 is 0 Å². The fourth-order valence-corrected chi connectivity index (χ4v) is 2.18. The van der Waals surface area contributed by atoms with Crippen LogP contribution in [0.25, 0.3) is 0 Å². The van der Waals surface area contributed by atoms with Crippen molar-refractivity contribution < 1.29 is 4.74 Å². The molecular formula is C14H20N4O. The molecule has 0 aliphatic carbocycles. The lowest BCUT2D eigenvalue weighted by Gasteiger charge is -2.20. The number of nitrogens with zero attached hydrogens (tertiary/aromatic N) is 3. The molecular weight excluding hydrogens is 240 g/mol. The predicted molar refractivity (Wildman–Crippen MR) is 74.1 cm³/mol. The molecule has 1 aromatic heterocycles. The Kier molecular flexibility index (Phi) is 4.52. The molecule has 1 heterocycles. The van der Waals surface area contributed by atoms with Crippen molar-refractivity contribution in [2.24, 2.45) is 7.05 Å². The van der Waals surface area contributed by atoms with Gasteiger partial charge < -0.3 is 10.1 Å². The van der Waals surface area contributed by atoms with E-state index in [2.05, 4.69) is 28.4 Å². The summed E-state index contributed by atoms with van der Waals surface area (Å²) in [5.74, 6) is 1.85. The van der Waals surface area contributed by atoms with Crippen molar-refractivity contribution in [3.05, 3.63) is 42.0 Å². The van der Waals surface area contributed by atoms with Crippen molar-refractivity contribution in [1.82, 2.24) is 20.1 Å². The Labute approximate surface area is 113 Å². The third-order valence-corrected chi connectivity index (χ3v) is 3.16. The molecule has 0 amide bonds. The minimum Gasteiger partial charge on any atom is -0.496 e. The molecule has 2 rings (SSSR count). The van der Waals surface area contributed by atoms with Crippen LogP contribution in [-0.2, 0) is 13.5 Å². The van der Waals surface area contributed by atoms with Gasteiger partial charge in [-0.15, -0.1) is 0 Å². The minimum atomic E-state index is 0.170. The van der Waals surface area contributed by atoms with Gasteiger partial charge in [-0.1, -0.05) is 25.1 Å². The van der Waals surface area contributed by atoms with E-state index in [1.165, 1.54) is 0 Å². The number of aromatic nitrogens is 3. The number of hydrogen-bond donors (Lipinski definition) is 1. The van der Waals surface area contributed by atoms with Crippen LogP contribution in [0.2, 0.25) is 0 Å². The van der Waals surface area contributed by atoms with Crippen LogP contribution in [0.1, 0.15) is 24.4 Å². The Morgan fingerprint density at radius 3 is 2.79 bits per heavy atom. The third kappa shape index (κ3) is 3.12. The molecule has 0 bridgehead atoms. The Morgan fingerprint density at radius 1 is 1.37 bits per heavy atom. The van der Waals surface area contributed by atoms with Gasteiger partial charge in [-0.25, -0.2) is 4.98 Å². The van der Waals surface area contributed by atoms with Gasteiger partial charge in [-0.05, 0) is 12.6 Å². The Hall–Kier alpha value is -1.88. The average molecular weight is 260 g/mol. The van der Waals surface area contributed by atoms with E-state index >= 15 is 0 Å². The number of para-hydroxylation sites is 1. The second-order valence-corrected chi connectivity index (χ2v) is 4.36. The van der Waals surface area contributed by atoms with Gasteiger partial charge >= 0.3 is 0 Å². The normalized spacial score (nSPS) is 12.4. The summed E-state index contributed by atoms with van der Waals surface area (Å²) >= 11 is 0. The van der Waals surface area contributed by atoms with E-state index in [1.54, 1.807) is 18.1 Å². The highest BCUT2D eigenvalue weighted by molar-refractivity contribution is 5.36. The van der Waals surface area contributed by atoms with Crippen LogP contribution in [0.15, 0.2) is 30.6 Å². The SMILES string of the molecule is CCNC(Cc1ncnn1C)c1ccccc1OC. The molecule has 0 aliphatic rings. The van der Waals surface area contributed by atoms with Crippen LogP contribution in [0, 0.1) is 0 Å². The van der Waals surface area contributed by atoms with E-state index in [0.717, 1.165) is 30.1 Å². The van der Waals surface area contributed by atoms with E-state index in [-0.39, 0.29) is 6.04 Å². The van der Waals surface area contributed by atoms with Gasteiger partial charge in [0.1, 0.15) is 17.9 Å². The third-order valence-electron chi connectivity index (χ3n) is 3.16. The van der Waals surface area contributed by atoms with Crippen LogP contribution in [0.5, 0.6) is 5.75 Å². The summed E-state index contributed by atoms with van der Waals surface area (Å²) in [6.45, 7) is 2.99. The topological polar surface area (TPSA) is 52.0 Å². The van der Waals surface area contributed by atoms with Crippen molar-refractivity contribution in [2.45, 2.75) is 19.4 Å². The molecule has 1 aromatic carbocycles. The minimum absolute atomic E-state index is 0.170. The van der Waals surface area contributed by atoms with Crippen LogP contribution in [-0.4, -0.2) is 28.4 Å². The summed E-state index contributed by atoms with van der Waals surface area (Å²) in [4.78, 5) is 4.29. The van der Waals surface area contributed by atoms with Crippen LogP contribution in [0.4, 0.5) is 0 Å². The molecule has 19 heavy (non-hydrogen) atoms. The zero-order chi connectivity index (χ0) is 13.7. The summed E-state index contributed by atoms with van der Waals surface area (Å²) in [6.07, 6.45) is 2.37. The molecule has 0 spiro atoms. The molecule has 0 aliphatic heterocycles. The molecule has 1 N–H and O–H groups in total. The largest absolute Gasteiger partial charge is 0.496 e. The van der Waals surface area contributed by atoms with Gasteiger partial charge in [-0.3, -0.25) is 4.68 Å². The maximum Gasteiger partial charge on any atom is 0.138 e. The second kappa shape index (κ2) is 6.33. The zero-order valence-electron chi connectivity index (χ0n) is 11.6. The second-order valence-electron chi connectivity index (χ2n) is 4.36. The molecule has 0 saturated heterocycles. The number of aryl methyl sites for hydroxylation is 1. The maximum absolute atomic E-state index is 5.44. The number of likely N-dealkylation sites (N-methyl/N-ethyl adjacent to an activating group) is 1. The molecule has 2 aromatic rings. The summed E-state index contributed by atoms with van der Waals surface area (Å²) in [5, 5.41) is 7.59. The van der Waals surface area contributed by atoms with E-state index in [9.17, 15) is 0 Å². The molecule has 1 unspecified atom stereocenters. The summed E-state index contributed by atoms with van der Waals surface area (Å²) in [7, 11) is 3.61. The fourth-order valence-electron chi connectivity index (χ4n) is 2.18. The number of hydrogen-bond acceptors (Lipinski definition) is 4. The molecule has 5 heteroatoms. The van der Waals surface area contributed by atoms with Gasteiger partial charge in [-0.2, -0.15) is 5.10 Å². The predicted octanol–water partition coefficient (Wildman–Crippen LogP) is 1.72. The maximum atomic E-state index is 5.44. The first-order chi connectivity index (χ1) is 9.26. The summed E-state index contributed by atoms with van der Waals surface area (Å²) in [6, 6.07) is 8.25. The Balaban J connectivity index is 2.27. The molecule has 0 radical (unpaired) electrons. The van der Waals surface area contributed by atoms with Gasteiger partial charge in [0, 0.05) is 25.1 Å². The lowest BCUT2D eigenvalue weighted by molar-refractivity contribution is 0.397. The monoisotopic (exact) mass is 260 g/mol. The molecule has 0 fully saturated rings. The lowest BCUT2D eigenvalue weighted by atomic mass is 10.0. The number of rotatable bonds is 6. The highest BCUT2D eigenvalue weighted by Gasteiger charge is 2.17. The fraction of sp³-hybridized carbons (Fsp3) is 0.429. The summed E-state index contributed by atoms with van der Waals surface area (Å²) < 4.78 is 7.24. The van der Waals surface area contributed by atoms with E-state index < -0.39 is 0 Å². The van der Waals surface area contributed by atoms with Crippen LogP contribution in [0.3, 0.4) is 0 Å². The van der Waals surface area contributed by atoms with E-state index in [0.29, 0.717) is 0 Å². The highest BCUT2D eigenvalue weighted by Crippen LogP contribution is 2.26. The first kappa shape index (κ1) is 13.5. The first-order valence-electron chi connectivity index (χ1n) is 6.45. The van der Waals surface area contributed by atoms with Gasteiger partial charge in [0.25, 0.3) is 0 Å². The van der Waals surface area contributed by atoms with Gasteiger partial charge in [0.15, 0.2) is 0 Å². The highest BCUT2D eigenvalue weighted by atomic mass is 16.5. The number of benzene rings is 1. The van der Waals surface area contributed by atoms with E-state index in [1.807, 2.05) is 25.2 Å². The van der Waals surface area contributed by atoms with Crippen molar-refractivity contribution in [1.29, 1.82) is 0 Å². The zero-order valence-corrected chi connectivity index (χ0v) is 11.6.